The normalized spacial score (nSPS) is 10.7. The van der Waals surface area contributed by atoms with Gasteiger partial charge in [-0.2, -0.15) is 4.98 Å². The highest BCUT2D eigenvalue weighted by molar-refractivity contribution is 5.65. The van der Waals surface area contributed by atoms with Crippen LogP contribution in [0.1, 0.15) is 40.5 Å². The summed E-state index contributed by atoms with van der Waals surface area (Å²) >= 11 is 0. The molecule has 4 heteroatoms. The third kappa shape index (κ3) is 4.47. The van der Waals surface area contributed by atoms with E-state index in [2.05, 4.69) is 67.8 Å². The zero-order valence-electron chi connectivity index (χ0n) is 15.5. The number of nitrogens with zero attached hydrogens (tertiary/aromatic N) is 4. The van der Waals surface area contributed by atoms with Gasteiger partial charge in [-0.15, -0.1) is 0 Å². The van der Waals surface area contributed by atoms with E-state index in [9.17, 15) is 0 Å². The molecule has 130 valence electrons. The van der Waals surface area contributed by atoms with Gasteiger partial charge < -0.3 is 9.80 Å². The van der Waals surface area contributed by atoms with Gasteiger partial charge in [-0.1, -0.05) is 44.2 Å². The summed E-state index contributed by atoms with van der Waals surface area (Å²) in [6.45, 7) is 12.6. The Morgan fingerprint density at radius 1 is 0.792 bits per heavy atom. The van der Waals surface area contributed by atoms with Crippen molar-refractivity contribution in [2.75, 3.05) is 36.0 Å². The lowest BCUT2D eigenvalue weighted by molar-refractivity contribution is 0.728. The molecule has 1 aromatic carbocycles. The van der Waals surface area contributed by atoms with Gasteiger partial charge in [0.2, 0.25) is 5.95 Å². The first-order valence-corrected chi connectivity index (χ1v) is 9.17. The first-order valence-electron chi connectivity index (χ1n) is 9.17. The van der Waals surface area contributed by atoms with Gasteiger partial charge in [0.25, 0.3) is 0 Å². The lowest BCUT2D eigenvalue weighted by Gasteiger charge is -2.26. The minimum atomic E-state index is 0.827. The van der Waals surface area contributed by atoms with Crippen molar-refractivity contribution in [3.05, 3.63) is 36.4 Å². The average Bonchev–Trinajstić information content (AvgIpc) is 2.63. The Kier molecular flexibility index (Phi) is 7.04. The van der Waals surface area contributed by atoms with E-state index < -0.39 is 0 Å². The van der Waals surface area contributed by atoms with Gasteiger partial charge in [0.05, 0.1) is 5.69 Å². The molecule has 0 N–H and O–H groups in total. The maximum absolute atomic E-state index is 4.88. The molecule has 1 heterocycles. The van der Waals surface area contributed by atoms with Crippen LogP contribution < -0.4 is 9.80 Å². The quantitative estimate of drug-likeness (QED) is 0.673. The summed E-state index contributed by atoms with van der Waals surface area (Å²) in [5.74, 6) is 1.86. The molecule has 0 radical (unpaired) electrons. The van der Waals surface area contributed by atoms with E-state index in [1.54, 1.807) is 0 Å². The molecule has 0 atom stereocenters. The van der Waals surface area contributed by atoms with Crippen LogP contribution in [-0.4, -0.2) is 36.1 Å². The van der Waals surface area contributed by atoms with E-state index in [-0.39, 0.29) is 0 Å². The van der Waals surface area contributed by atoms with Gasteiger partial charge in [-0.05, 0) is 26.7 Å². The summed E-state index contributed by atoms with van der Waals surface area (Å²) in [7, 11) is 0. The van der Waals surface area contributed by atoms with E-state index in [1.165, 1.54) is 0 Å². The average molecular weight is 326 g/mol. The predicted octanol–water partition coefficient (Wildman–Crippen LogP) is 4.62. The molecule has 0 bridgehead atoms. The maximum Gasteiger partial charge on any atom is 0.227 e. The predicted molar refractivity (Wildman–Crippen MR) is 104 cm³/mol. The van der Waals surface area contributed by atoms with Crippen molar-refractivity contribution in [1.82, 2.24) is 9.97 Å². The van der Waals surface area contributed by atoms with Gasteiger partial charge >= 0.3 is 0 Å². The van der Waals surface area contributed by atoms with Crippen molar-refractivity contribution < 1.29 is 0 Å². The Bertz CT molecular complexity index is 602. The third-order valence-electron chi connectivity index (χ3n) is 4.13. The Morgan fingerprint density at radius 3 is 1.96 bits per heavy atom. The fourth-order valence-electron chi connectivity index (χ4n) is 2.87. The van der Waals surface area contributed by atoms with Gasteiger partial charge in [-0.3, -0.25) is 0 Å². The molecule has 0 aliphatic heterocycles. The topological polar surface area (TPSA) is 32.3 Å². The largest absolute Gasteiger partial charge is 0.356 e. The molecule has 2 aromatic rings. The molecule has 0 fully saturated rings. The highest BCUT2D eigenvalue weighted by Crippen LogP contribution is 2.25. The standard InChI is InChI=1S/C20H30N4/c1-5-14-24(15-6-2)19-16-18(17-12-10-9-11-13-17)21-20(22-19)23(7-3)8-4/h9-13,16H,5-8,14-15H2,1-4H3. The van der Waals surface area contributed by atoms with Crippen molar-refractivity contribution in [2.45, 2.75) is 40.5 Å². The Labute approximate surface area is 146 Å². The number of aromatic nitrogens is 2. The summed E-state index contributed by atoms with van der Waals surface area (Å²) in [6.07, 6.45) is 2.23. The molecule has 0 saturated carbocycles. The molecule has 0 unspecified atom stereocenters. The number of hydrogen-bond acceptors (Lipinski definition) is 4. The van der Waals surface area contributed by atoms with Crippen molar-refractivity contribution in [1.29, 1.82) is 0 Å². The monoisotopic (exact) mass is 326 g/mol. The lowest BCUT2D eigenvalue weighted by atomic mass is 10.1. The van der Waals surface area contributed by atoms with Crippen LogP contribution >= 0.6 is 0 Å². The van der Waals surface area contributed by atoms with E-state index in [0.29, 0.717) is 0 Å². The number of anilines is 2. The van der Waals surface area contributed by atoms with Crippen molar-refractivity contribution in [3.8, 4) is 11.3 Å². The van der Waals surface area contributed by atoms with Crippen LogP contribution in [-0.2, 0) is 0 Å². The first kappa shape index (κ1) is 18.2. The fourth-order valence-corrected chi connectivity index (χ4v) is 2.87. The minimum Gasteiger partial charge on any atom is -0.356 e. The molecule has 0 amide bonds. The van der Waals surface area contributed by atoms with Gasteiger partial charge in [0.1, 0.15) is 5.82 Å². The summed E-state index contributed by atoms with van der Waals surface area (Å²) < 4.78 is 0. The molecule has 0 saturated heterocycles. The SMILES string of the molecule is CCCN(CCC)c1cc(-c2ccccc2)nc(N(CC)CC)n1. The van der Waals surface area contributed by atoms with Gasteiger partial charge in [0.15, 0.2) is 0 Å². The molecular formula is C20H30N4. The Morgan fingerprint density at radius 2 is 1.42 bits per heavy atom. The van der Waals surface area contributed by atoms with Gasteiger partial charge in [-0.25, -0.2) is 4.98 Å². The smallest absolute Gasteiger partial charge is 0.227 e. The van der Waals surface area contributed by atoms with Crippen LogP contribution in [0, 0.1) is 0 Å². The van der Waals surface area contributed by atoms with Crippen molar-refractivity contribution in [2.24, 2.45) is 0 Å². The number of rotatable bonds is 9. The fraction of sp³-hybridized carbons (Fsp3) is 0.500. The van der Waals surface area contributed by atoms with Crippen LogP contribution in [0.25, 0.3) is 11.3 Å². The first-order chi connectivity index (χ1) is 11.7. The molecule has 0 spiro atoms. The third-order valence-corrected chi connectivity index (χ3v) is 4.13. The summed E-state index contributed by atoms with van der Waals surface area (Å²) in [5.41, 5.74) is 2.14. The highest BCUT2D eigenvalue weighted by Gasteiger charge is 2.14. The molecule has 0 aliphatic carbocycles. The van der Waals surface area contributed by atoms with E-state index >= 15 is 0 Å². The summed E-state index contributed by atoms with van der Waals surface area (Å²) in [5, 5.41) is 0. The highest BCUT2D eigenvalue weighted by atomic mass is 15.3. The van der Waals surface area contributed by atoms with Crippen LogP contribution in [0.3, 0.4) is 0 Å². The second-order valence-electron chi connectivity index (χ2n) is 5.94. The van der Waals surface area contributed by atoms with Crippen LogP contribution in [0.15, 0.2) is 36.4 Å². The van der Waals surface area contributed by atoms with E-state index in [4.69, 9.17) is 9.97 Å². The van der Waals surface area contributed by atoms with E-state index in [0.717, 1.165) is 62.0 Å². The molecule has 4 nitrogen and oxygen atoms in total. The molecule has 2 rings (SSSR count). The van der Waals surface area contributed by atoms with Crippen LogP contribution in [0.5, 0.6) is 0 Å². The molecule has 24 heavy (non-hydrogen) atoms. The van der Waals surface area contributed by atoms with Crippen molar-refractivity contribution in [3.63, 3.8) is 0 Å². The second-order valence-corrected chi connectivity index (χ2v) is 5.94. The Hall–Kier alpha value is -2.10. The Balaban J connectivity index is 2.50. The van der Waals surface area contributed by atoms with Gasteiger partial charge in [0, 0.05) is 37.8 Å². The number of hydrogen-bond donors (Lipinski definition) is 0. The second kappa shape index (κ2) is 9.26. The maximum atomic E-state index is 4.88. The summed E-state index contributed by atoms with van der Waals surface area (Å²) in [6, 6.07) is 12.5. The van der Waals surface area contributed by atoms with Crippen LogP contribution in [0.4, 0.5) is 11.8 Å². The zero-order chi connectivity index (χ0) is 17.4. The lowest BCUT2D eigenvalue weighted by Crippen LogP contribution is -2.29. The van der Waals surface area contributed by atoms with E-state index in [1.807, 2.05) is 6.07 Å². The molecular weight excluding hydrogens is 296 g/mol. The summed E-state index contributed by atoms with van der Waals surface area (Å²) in [4.78, 5) is 14.3. The molecule has 1 aromatic heterocycles. The van der Waals surface area contributed by atoms with Crippen molar-refractivity contribution >= 4 is 11.8 Å². The minimum absolute atomic E-state index is 0.827. The number of benzene rings is 1. The molecule has 0 aliphatic rings. The zero-order valence-corrected chi connectivity index (χ0v) is 15.5. The van der Waals surface area contributed by atoms with Crippen LogP contribution in [0.2, 0.25) is 0 Å².